The Morgan fingerprint density at radius 1 is 1.00 bits per heavy atom. The van der Waals surface area contributed by atoms with Gasteiger partial charge >= 0.3 is 0 Å². The summed E-state index contributed by atoms with van der Waals surface area (Å²) in [5.41, 5.74) is 2.40. The van der Waals surface area contributed by atoms with Crippen LogP contribution in [0, 0.1) is 6.92 Å². The van der Waals surface area contributed by atoms with Crippen molar-refractivity contribution >= 4 is 34.3 Å². The van der Waals surface area contributed by atoms with Crippen LogP contribution in [0.15, 0.2) is 58.5 Å². The highest BCUT2D eigenvalue weighted by Gasteiger charge is 2.22. The van der Waals surface area contributed by atoms with E-state index in [1.165, 1.54) is 11.8 Å². The van der Waals surface area contributed by atoms with Gasteiger partial charge in [-0.25, -0.2) is 4.57 Å². The van der Waals surface area contributed by atoms with Crippen molar-refractivity contribution in [2.24, 2.45) is 0 Å². The second-order valence-electron chi connectivity index (χ2n) is 8.39. The maximum atomic E-state index is 13.4. The highest BCUT2D eigenvalue weighted by atomic mass is 32.2. The lowest BCUT2D eigenvalue weighted by Gasteiger charge is -2.30. The minimum atomic E-state index is -0.150. The highest BCUT2D eigenvalue weighted by Crippen LogP contribution is 2.24. The van der Waals surface area contributed by atoms with Crippen LogP contribution in [0.5, 0.6) is 0 Å². The molecule has 2 heterocycles. The van der Waals surface area contributed by atoms with E-state index in [2.05, 4.69) is 10.2 Å². The fourth-order valence-electron chi connectivity index (χ4n) is 4.07. The van der Waals surface area contributed by atoms with Gasteiger partial charge in [0.15, 0.2) is 5.16 Å². The smallest absolute Gasteiger partial charge is 0.267 e. The van der Waals surface area contributed by atoms with Crippen molar-refractivity contribution in [1.82, 2.24) is 24.1 Å². The molecular formula is C24H27N5O2S. The van der Waals surface area contributed by atoms with Gasteiger partial charge in [0.05, 0.1) is 22.3 Å². The number of hydrogen-bond donors (Lipinski definition) is 0. The third-order valence-corrected chi connectivity index (χ3v) is 6.33. The first-order valence-corrected chi connectivity index (χ1v) is 11.7. The molecule has 2 aromatic heterocycles. The average molecular weight is 450 g/mol. The molecule has 4 rings (SSSR count). The number of hydrogen-bond acceptors (Lipinski definition) is 5. The van der Waals surface area contributed by atoms with Crippen LogP contribution in [0.4, 0.5) is 0 Å². The fraction of sp³-hybridized carbons (Fsp3) is 0.333. The van der Waals surface area contributed by atoms with Crippen molar-refractivity contribution < 1.29 is 4.79 Å². The van der Waals surface area contributed by atoms with Crippen LogP contribution >= 0.6 is 11.8 Å². The molecule has 4 aromatic rings. The lowest BCUT2D eigenvalue weighted by atomic mass is 10.2. The van der Waals surface area contributed by atoms with Gasteiger partial charge in [-0.3, -0.25) is 14.0 Å². The molecule has 0 aliphatic carbocycles. The van der Waals surface area contributed by atoms with Gasteiger partial charge in [0.1, 0.15) is 0 Å². The van der Waals surface area contributed by atoms with E-state index in [4.69, 9.17) is 0 Å². The van der Waals surface area contributed by atoms with E-state index in [1.54, 1.807) is 10.6 Å². The van der Waals surface area contributed by atoms with Gasteiger partial charge in [0.2, 0.25) is 11.7 Å². The Balaban J connectivity index is 1.83. The van der Waals surface area contributed by atoms with Crippen LogP contribution < -0.4 is 5.56 Å². The molecule has 32 heavy (non-hydrogen) atoms. The van der Waals surface area contributed by atoms with Crippen LogP contribution in [-0.2, 0) is 4.79 Å². The van der Waals surface area contributed by atoms with E-state index < -0.39 is 0 Å². The van der Waals surface area contributed by atoms with Gasteiger partial charge in [-0.2, -0.15) is 0 Å². The normalized spacial score (nSPS) is 11.7. The van der Waals surface area contributed by atoms with Gasteiger partial charge < -0.3 is 4.90 Å². The van der Waals surface area contributed by atoms with E-state index in [9.17, 15) is 9.59 Å². The summed E-state index contributed by atoms with van der Waals surface area (Å²) in [6.07, 6.45) is 0. The molecule has 0 unspecified atom stereocenters. The molecule has 166 valence electrons. The predicted octanol–water partition coefficient (Wildman–Crippen LogP) is 4.08. The van der Waals surface area contributed by atoms with E-state index in [0.717, 1.165) is 16.8 Å². The van der Waals surface area contributed by atoms with Crippen molar-refractivity contribution in [2.75, 3.05) is 5.75 Å². The van der Waals surface area contributed by atoms with Crippen molar-refractivity contribution in [3.05, 3.63) is 64.4 Å². The Morgan fingerprint density at radius 3 is 2.31 bits per heavy atom. The van der Waals surface area contributed by atoms with Crippen LogP contribution in [0.1, 0.15) is 33.3 Å². The summed E-state index contributed by atoms with van der Waals surface area (Å²) in [6, 6.07) is 15.4. The van der Waals surface area contributed by atoms with Crippen molar-refractivity contribution in [3.8, 4) is 5.69 Å². The van der Waals surface area contributed by atoms with Crippen LogP contribution in [0.2, 0.25) is 0 Å². The number of nitrogens with zero attached hydrogens (tertiary/aromatic N) is 5. The number of fused-ring (bicyclic) bond motifs is 3. The fourth-order valence-corrected chi connectivity index (χ4v) is 4.88. The summed E-state index contributed by atoms with van der Waals surface area (Å²) in [5, 5.41) is 9.86. The second kappa shape index (κ2) is 8.78. The largest absolute Gasteiger partial charge is 0.337 e. The van der Waals surface area contributed by atoms with Gasteiger partial charge in [-0.15, -0.1) is 10.2 Å². The number of carbonyl (C=O) groups excluding carboxylic acids is 1. The summed E-state index contributed by atoms with van der Waals surface area (Å²) in [7, 11) is 0. The number of para-hydroxylation sites is 1. The molecule has 0 radical (unpaired) electrons. The Kier molecular flexibility index (Phi) is 6.06. The number of carbonyl (C=O) groups is 1. The van der Waals surface area contributed by atoms with E-state index in [1.807, 2.05) is 86.4 Å². The molecule has 1 amide bonds. The zero-order chi connectivity index (χ0) is 23.0. The van der Waals surface area contributed by atoms with Crippen molar-refractivity contribution in [3.63, 3.8) is 0 Å². The number of rotatable bonds is 6. The number of aryl methyl sites for hydroxylation is 1. The molecule has 0 N–H and O–H groups in total. The molecular weight excluding hydrogens is 422 g/mol. The third kappa shape index (κ3) is 3.90. The molecule has 2 aromatic carbocycles. The second-order valence-corrected chi connectivity index (χ2v) is 9.33. The summed E-state index contributed by atoms with van der Waals surface area (Å²) < 4.78 is 3.44. The molecule has 0 saturated heterocycles. The molecule has 0 spiro atoms. The Bertz CT molecular complexity index is 1330. The molecule has 0 saturated carbocycles. The Hall–Kier alpha value is -3.13. The van der Waals surface area contributed by atoms with Crippen LogP contribution in [0.3, 0.4) is 0 Å². The first-order chi connectivity index (χ1) is 15.3. The topological polar surface area (TPSA) is 72.5 Å². The maximum absolute atomic E-state index is 13.4. The van der Waals surface area contributed by atoms with Crippen LogP contribution in [-0.4, -0.2) is 47.8 Å². The summed E-state index contributed by atoms with van der Waals surface area (Å²) in [4.78, 5) is 28.1. The molecule has 0 fully saturated rings. The Labute approximate surface area is 191 Å². The maximum Gasteiger partial charge on any atom is 0.267 e. The first-order valence-electron chi connectivity index (χ1n) is 10.7. The first kappa shape index (κ1) is 22.1. The molecule has 0 aliphatic heterocycles. The molecule has 7 nitrogen and oxygen atoms in total. The highest BCUT2D eigenvalue weighted by molar-refractivity contribution is 7.99. The predicted molar refractivity (Wildman–Crippen MR) is 129 cm³/mol. The van der Waals surface area contributed by atoms with Gasteiger partial charge in [-0.05, 0) is 58.9 Å². The number of aromatic nitrogens is 4. The van der Waals surface area contributed by atoms with E-state index in [0.29, 0.717) is 16.3 Å². The SMILES string of the molecule is Cc1ccc(-n2c(=O)c3ccccc3n3c(SCC(=O)N(C(C)C)C(C)C)nnc23)cc1. The molecule has 8 heteroatoms. The number of amides is 1. The minimum absolute atomic E-state index is 0.0490. The zero-order valence-corrected chi connectivity index (χ0v) is 19.8. The van der Waals surface area contributed by atoms with Crippen molar-refractivity contribution in [1.29, 1.82) is 0 Å². The molecule has 0 atom stereocenters. The average Bonchev–Trinajstić information content (AvgIpc) is 3.17. The third-order valence-electron chi connectivity index (χ3n) is 5.41. The van der Waals surface area contributed by atoms with Crippen LogP contribution in [0.25, 0.3) is 22.4 Å². The van der Waals surface area contributed by atoms with Gasteiger partial charge in [0, 0.05) is 12.1 Å². The van der Waals surface area contributed by atoms with E-state index >= 15 is 0 Å². The number of benzene rings is 2. The summed E-state index contributed by atoms with van der Waals surface area (Å²) in [6.45, 7) is 10.1. The summed E-state index contributed by atoms with van der Waals surface area (Å²) >= 11 is 1.34. The summed E-state index contributed by atoms with van der Waals surface area (Å²) in [5.74, 6) is 0.722. The van der Waals surface area contributed by atoms with Crippen molar-refractivity contribution in [2.45, 2.75) is 51.9 Å². The quantitative estimate of drug-likeness (QED) is 0.415. The minimum Gasteiger partial charge on any atom is -0.337 e. The monoisotopic (exact) mass is 449 g/mol. The lowest BCUT2D eigenvalue weighted by Crippen LogP contribution is -2.43. The molecule has 0 bridgehead atoms. The Morgan fingerprint density at radius 2 is 1.66 bits per heavy atom. The van der Waals surface area contributed by atoms with Gasteiger partial charge in [-0.1, -0.05) is 41.6 Å². The lowest BCUT2D eigenvalue weighted by molar-refractivity contribution is -0.131. The van der Waals surface area contributed by atoms with Gasteiger partial charge in [0.25, 0.3) is 5.56 Å². The number of thioether (sulfide) groups is 1. The zero-order valence-electron chi connectivity index (χ0n) is 18.9. The standard InChI is InChI=1S/C24H27N5O2S/c1-15(2)27(16(3)4)21(30)14-32-24-26-25-23-28(18-12-10-17(5)11-13-18)22(31)19-8-6-7-9-20(19)29(23)24/h6-13,15-16H,14H2,1-5H3. The molecule has 0 aliphatic rings. The van der Waals surface area contributed by atoms with E-state index in [-0.39, 0.29) is 29.3 Å².